The molecular formula is C14H20F2N2O3. The first-order chi connectivity index (χ1) is 9.81. The highest BCUT2D eigenvalue weighted by molar-refractivity contribution is 5.93. The van der Waals surface area contributed by atoms with Crippen LogP contribution in [0.2, 0.25) is 0 Å². The topological polar surface area (TPSA) is 71.3 Å². The molecule has 2 N–H and O–H groups in total. The van der Waals surface area contributed by atoms with Gasteiger partial charge in [-0.2, -0.15) is 0 Å². The van der Waals surface area contributed by atoms with Gasteiger partial charge < -0.3 is 15.0 Å². The van der Waals surface area contributed by atoms with E-state index in [0.717, 1.165) is 4.57 Å². The maximum atomic E-state index is 12.4. The molecule has 0 aliphatic heterocycles. The Morgan fingerprint density at radius 3 is 2.57 bits per heavy atom. The molecule has 0 fully saturated rings. The van der Waals surface area contributed by atoms with Gasteiger partial charge in [0.1, 0.15) is 5.69 Å². The average molecular weight is 302 g/mol. The van der Waals surface area contributed by atoms with Crippen molar-refractivity contribution >= 4 is 11.9 Å². The summed E-state index contributed by atoms with van der Waals surface area (Å²) in [6, 6.07) is 2.93. The minimum absolute atomic E-state index is 0.0216. The number of rotatable bonds is 8. The summed E-state index contributed by atoms with van der Waals surface area (Å²) in [5.41, 5.74) is 0.101. The van der Waals surface area contributed by atoms with Crippen LogP contribution in [-0.2, 0) is 11.3 Å². The average Bonchev–Trinajstić information content (AvgIpc) is 2.80. The predicted molar refractivity (Wildman–Crippen MR) is 73.4 cm³/mol. The number of carboxylic acid groups (broad SMARTS) is 1. The highest BCUT2D eigenvalue weighted by atomic mass is 19.3. The van der Waals surface area contributed by atoms with E-state index in [2.05, 4.69) is 5.32 Å². The second-order valence-corrected chi connectivity index (χ2v) is 5.31. The summed E-state index contributed by atoms with van der Waals surface area (Å²) in [7, 11) is 0. The molecule has 0 saturated heterocycles. The minimum atomic E-state index is -2.56. The number of carbonyl (C=O) groups excluding carboxylic acids is 1. The molecule has 1 aromatic heterocycles. The van der Waals surface area contributed by atoms with E-state index in [9.17, 15) is 18.4 Å². The normalized spacial score (nSPS) is 12.7. The number of amides is 1. The molecule has 1 heterocycles. The van der Waals surface area contributed by atoms with Gasteiger partial charge >= 0.3 is 5.97 Å². The van der Waals surface area contributed by atoms with E-state index in [1.54, 1.807) is 0 Å². The highest BCUT2D eigenvalue weighted by Crippen LogP contribution is 2.12. The van der Waals surface area contributed by atoms with Gasteiger partial charge in [0.25, 0.3) is 12.3 Å². The molecule has 0 aliphatic carbocycles. The summed E-state index contributed by atoms with van der Waals surface area (Å²) in [5.74, 6) is -2.03. The molecule has 0 radical (unpaired) electrons. The summed E-state index contributed by atoms with van der Waals surface area (Å²) >= 11 is 0. The van der Waals surface area contributed by atoms with Crippen LogP contribution in [0, 0.1) is 11.8 Å². The fourth-order valence-corrected chi connectivity index (χ4v) is 2.08. The summed E-state index contributed by atoms with van der Waals surface area (Å²) < 4.78 is 25.9. The van der Waals surface area contributed by atoms with E-state index < -0.39 is 30.8 Å². The Balaban J connectivity index is 2.64. The molecule has 1 unspecified atom stereocenters. The zero-order valence-electron chi connectivity index (χ0n) is 12.1. The molecule has 5 nitrogen and oxygen atoms in total. The Bertz CT molecular complexity index is 486. The number of alkyl halides is 2. The Hall–Kier alpha value is -1.92. The van der Waals surface area contributed by atoms with Crippen LogP contribution in [0.3, 0.4) is 0 Å². The molecule has 7 heteroatoms. The van der Waals surface area contributed by atoms with Crippen molar-refractivity contribution in [3.8, 4) is 0 Å². The van der Waals surface area contributed by atoms with Crippen LogP contribution < -0.4 is 5.32 Å². The zero-order chi connectivity index (χ0) is 16.0. The molecule has 118 valence electrons. The predicted octanol–water partition coefficient (Wildman–Crippen LogP) is 2.23. The van der Waals surface area contributed by atoms with E-state index in [1.807, 2.05) is 13.8 Å². The quantitative estimate of drug-likeness (QED) is 0.773. The molecule has 21 heavy (non-hydrogen) atoms. The van der Waals surface area contributed by atoms with Gasteiger partial charge in [-0.1, -0.05) is 13.8 Å². The highest BCUT2D eigenvalue weighted by Gasteiger charge is 2.21. The fraction of sp³-hybridized carbons (Fsp3) is 0.571. The van der Waals surface area contributed by atoms with Gasteiger partial charge in [-0.15, -0.1) is 0 Å². The van der Waals surface area contributed by atoms with E-state index in [-0.39, 0.29) is 18.2 Å². The summed E-state index contributed by atoms with van der Waals surface area (Å²) in [6.07, 6.45) is -0.728. The number of halogens is 2. The minimum Gasteiger partial charge on any atom is -0.481 e. The lowest BCUT2D eigenvalue weighted by Crippen LogP contribution is -2.34. The van der Waals surface area contributed by atoms with E-state index >= 15 is 0 Å². The third-order valence-corrected chi connectivity index (χ3v) is 3.01. The van der Waals surface area contributed by atoms with Gasteiger partial charge in [-0.25, -0.2) is 8.78 Å². The van der Waals surface area contributed by atoms with Crippen molar-refractivity contribution in [2.45, 2.75) is 33.2 Å². The van der Waals surface area contributed by atoms with Crippen LogP contribution in [-0.4, -0.2) is 34.5 Å². The van der Waals surface area contributed by atoms with Gasteiger partial charge in [0, 0.05) is 12.7 Å². The van der Waals surface area contributed by atoms with Crippen molar-refractivity contribution in [1.29, 1.82) is 0 Å². The lowest BCUT2D eigenvalue weighted by atomic mass is 9.97. The number of aromatic nitrogens is 1. The molecule has 0 bridgehead atoms. The molecule has 0 saturated carbocycles. The molecule has 1 atom stereocenters. The van der Waals surface area contributed by atoms with E-state index in [4.69, 9.17) is 5.11 Å². The molecule has 0 spiro atoms. The van der Waals surface area contributed by atoms with E-state index in [0.29, 0.717) is 6.42 Å². The first-order valence-electron chi connectivity index (χ1n) is 6.75. The third-order valence-electron chi connectivity index (χ3n) is 3.01. The Morgan fingerprint density at radius 2 is 2.05 bits per heavy atom. The first-order valence-corrected chi connectivity index (χ1v) is 6.75. The van der Waals surface area contributed by atoms with Crippen LogP contribution in [0.1, 0.15) is 30.8 Å². The number of hydrogen-bond acceptors (Lipinski definition) is 2. The Labute approximate surface area is 121 Å². The van der Waals surface area contributed by atoms with Gasteiger partial charge in [0.05, 0.1) is 12.5 Å². The monoisotopic (exact) mass is 302 g/mol. The molecular weight excluding hydrogens is 282 g/mol. The maximum Gasteiger partial charge on any atom is 0.308 e. The van der Waals surface area contributed by atoms with Crippen molar-refractivity contribution in [2.24, 2.45) is 11.8 Å². The van der Waals surface area contributed by atoms with Crippen molar-refractivity contribution in [1.82, 2.24) is 9.88 Å². The number of nitrogens with zero attached hydrogens (tertiary/aromatic N) is 1. The zero-order valence-corrected chi connectivity index (χ0v) is 12.1. The van der Waals surface area contributed by atoms with Crippen molar-refractivity contribution in [3.05, 3.63) is 24.0 Å². The van der Waals surface area contributed by atoms with E-state index in [1.165, 1.54) is 18.3 Å². The summed E-state index contributed by atoms with van der Waals surface area (Å²) in [4.78, 5) is 23.0. The van der Waals surface area contributed by atoms with Crippen LogP contribution >= 0.6 is 0 Å². The molecule has 1 rings (SSSR count). The molecule has 1 amide bonds. The molecule has 0 aliphatic rings. The maximum absolute atomic E-state index is 12.4. The van der Waals surface area contributed by atoms with Crippen molar-refractivity contribution in [3.63, 3.8) is 0 Å². The second kappa shape index (κ2) is 7.75. The van der Waals surface area contributed by atoms with Crippen molar-refractivity contribution in [2.75, 3.05) is 6.54 Å². The first kappa shape index (κ1) is 17.1. The number of aliphatic carboxylic acids is 1. The number of hydrogen-bond donors (Lipinski definition) is 2. The van der Waals surface area contributed by atoms with Crippen molar-refractivity contribution < 1.29 is 23.5 Å². The van der Waals surface area contributed by atoms with Crippen LogP contribution in [0.15, 0.2) is 18.3 Å². The van der Waals surface area contributed by atoms with Crippen LogP contribution in [0.25, 0.3) is 0 Å². The largest absolute Gasteiger partial charge is 0.481 e. The van der Waals surface area contributed by atoms with Gasteiger partial charge in [0.2, 0.25) is 0 Å². The second-order valence-electron chi connectivity index (χ2n) is 5.31. The number of carboxylic acids is 1. The SMILES string of the molecule is CC(C)CC(CNC(=O)c1cccn1CC(F)F)C(=O)O. The third kappa shape index (κ3) is 5.53. The summed E-state index contributed by atoms with van der Waals surface area (Å²) in [5, 5.41) is 11.6. The Kier molecular flexibility index (Phi) is 6.33. The number of nitrogens with one attached hydrogen (secondary N) is 1. The lowest BCUT2D eigenvalue weighted by Gasteiger charge is -2.16. The van der Waals surface area contributed by atoms with Gasteiger partial charge in [-0.3, -0.25) is 9.59 Å². The van der Waals surface area contributed by atoms with Crippen LogP contribution in [0.5, 0.6) is 0 Å². The van der Waals surface area contributed by atoms with Crippen LogP contribution in [0.4, 0.5) is 8.78 Å². The Morgan fingerprint density at radius 1 is 1.38 bits per heavy atom. The standard InChI is InChI=1S/C14H20F2N2O3/c1-9(2)6-10(14(20)21)7-17-13(19)11-4-3-5-18(11)8-12(15)16/h3-5,9-10,12H,6-8H2,1-2H3,(H,17,19)(H,20,21). The number of carbonyl (C=O) groups is 2. The molecule has 1 aromatic rings. The molecule has 0 aromatic carbocycles. The lowest BCUT2D eigenvalue weighted by molar-refractivity contribution is -0.142. The van der Waals surface area contributed by atoms with Gasteiger partial charge in [0.15, 0.2) is 0 Å². The smallest absolute Gasteiger partial charge is 0.308 e. The van der Waals surface area contributed by atoms with Gasteiger partial charge in [-0.05, 0) is 24.5 Å². The summed E-state index contributed by atoms with van der Waals surface area (Å²) in [6.45, 7) is 3.20. The fourth-order valence-electron chi connectivity index (χ4n) is 2.08.